The van der Waals surface area contributed by atoms with Crippen molar-refractivity contribution in [3.05, 3.63) is 23.2 Å². The molecule has 1 aromatic heterocycles. The van der Waals surface area contributed by atoms with Crippen LogP contribution in [0.15, 0.2) is 12.4 Å². The maximum Gasteiger partial charge on any atom is 0.411 e. The fourth-order valence-electron chi connectivity index (χ4n) is 2.37. The molecule has 0 radical (unpaired) electrons. The molecule has 0 aliphatic carbocycles. The van der Waals surface area contributed by atoms with Gasteiger partial charge in [0, 0.05) is 32.0 Å². The monoisotopic (exact) mass is 312 g/mol. The third-order valence-corrected chi connectivity index (χ3v) is 3.63. The SMILES string of the molecule is CC(C)(C)OC(=O)N1CCNCC1(C)c1nccnc1Cl. The van der Waals surface area contributed by atoms with Crippen molar-refractivity contribution in [3.63, 3.8) is 0 Å². The Morgan fingerprint density at radius 3 is 2.71 bits per heavy atom. The minimum absolute atomic E-state index is 0.303. The van der Waals surface area contributed by atoms with Crippen molar-refractivity contribution in [2.75, 3.05) is 19.6 Å². The molecule has 21 heavy (non-hydrogen) atoms. The van der Waals surface area contributed by atoms with Crippen molar-refractivity contribution in [2.45, 2.75) is 38.8 Å². The highest BCUT2D eigenvalue weighted by molar-refractivity contribution is 6.30. The third-order valence-electron chi connectivity index (χ3n) is 3.35. The van der Waals surface area contributed by atoms with Crippen LogP contribution in [0, 0.1) is 0 Å². The molecule has 2 rings (SSSR count). The van der Waals surface area contributed by atoms with Gasteiger partial charge in [-0.25, -0.2) is 9.78 Å². The highest BCUT2D eigenvalue weighted by Crippen LogP contribution is 2.32. The molecule has 1 N–H and O–H groups in total. The van der Waals surface area contributed by atoms with Crippen LogP contribution in [0.5, 0.6) is 0 Å². The van der Waals surface area contributed by atoms with Crippen LogP contribution in [0.3, 0.4) is 0 Å². The molecule has 7 heteroatoms. The van der Waals surface area contributed by atoms with E-state index in [0.717, 1.165) is 0 Å². The molecule has 1 aromatic rings. The summed E-state index contributed by atoms with van der Waals surface area (Å²) in [5, 5.41) is 3.58. The van der Waals surface area contributed by atoms with E-state index in [0.29, 0.717) is 30.5 Å². The van der Waals surface area contributed by atoms with Gasteiger partial charge in [0.05, 0.1) is 0 Å². The molecule has 0 saturated carbocycles. The number of hydrogen-bond acceptors (Lipinski definition) is 5. The van der Waals surface area contributed by atoms with Gasteiger partial charge in [-0.05, 0) is 27.7 Å². The van der Waals surface area contributed by atoms with E-state index in [9.17, 15) is 4.79 Å². The summed E-state index contributed by atoms with van der Waals surface area (Å²) >= 11 is 6.17. The van der Waals surface area contributed by atoms with Crippen LogP contribution in [0.4, 0.5) is 4.79 Å². The number of carbonyl (C=O) groups excluding carboxylic acids is 1. The number of nitrogens with zero attached hydrogens (tertiary/aromatic N) is 3. The highest BCUT2D eigenvalue weighted by atomic mass is 35.5. The molecule has 6 nitrogen and oxygen atoms in total. The van der Waals surface area contributed by atoms with E-state index in [2.05, 4.69) is 15.3 Å². The highest BCUT2D eigenvalue weighted by Gasteiger charge is 2.43. The first-order chi connectivity index (χ1) is 9.74. The van der Waals surface area contributed by atoms with Gasteiger partial charge in [0.2, 0.25) is 0 Å². The number of piperazine rings is 1. The predicted molar refractivity (Wildman–Crippen MR) is 80.2 cm³/mol. The average Bonchev–Trinajstić information content (AvgIpc) is 2.37. The lowest BCUT2D eigenvalue weighted by Crippen LogP contribution is -2.60. The molecule has 0 spiro atoms. The van der Waals surface area contributed by atoms with Crippen LogP contribution in [0.2, 0.25) is 5.15 Å². The fourth-order valence-corrected chi connectivity index (χ4v) is 2.68. The topological polar surface area (TPSA) is 67.3 Å². The number of nitrogens with one attached hydrogen (secondary N) is 1. The van der Waals surface area contributed by atoms with Crippen LogP contribution < -0.4 is 5.32 Å². The van der Waals surface area contributed by atoms with Crippen molar-refractivity contribution in [2.24, 2.45) is 0 Å². The molecule has 1 aliphatic heterocycles. The van der Waals surface area contributed by atoms with E-state index in [1.807, 2.05) is 27.7 Å². The second-order valence-corrected chi connectivity index (χ2v) is 6.64. The van der Waals surface area contributed by atoms with E-state index in [1.54, 1.807) is 11.1 Å². The van der Waals surface area contributed by atoms with Gasteiger partial charge in [-0.3, -0.25) is 9.88 Å². The number of aromatic nitrogens is 2. The number of hydrogen-bond donors (Lipinski definition) is 1. The van der Waals surface area contributed by atoms with Gasteiger partial charge in [0.25, 0.3) is 0 Å². The van der Waals surface area contributed by atoms with Crippen molar-refractivity contribution in [1.29, 1.82) is 0 Å². The second kappa shape index (κ2) is 5.77. The maximum atomic E-state index is 12.5. The maximum absolute atomic E-state index is 12.5. The normalized spacial score (nSPS) is 23.0. The molecule has 116 valence electrons. The number of rotatable bonds is 1. The molecule has 0 bridgehead atoms. The summed E-state index contributed by atoms with van der Waals surface area (Å²) in [7, 11) is 0. The van der Waals surface area contributed by atoms with Crippen LogP contribution in [-0.4, -0.2) is 46.2 Å². The molecule has 0 aromatic carbocycles. The first-order valence-electron chi connectivity index (χ1n) is 6.92. The first kappa shape index (κ1) is 16.0. The van der Waals surface area contributed by atoms with Crippen molar-refractivity contribution in [3.8, 4) is 0 Å². The Kier molecular flexibility index (Phi) is 4.39. The minimum Gasteiger partial charge on any atom is -0.444 e. The van der Waals surface area contributed by atoms with Crippen LogP contribution in [0.1, 0.15) is 33.4 Å². The zero-order valence-electron chi connectivity index (χ0n) is 12.8. The number of halogens is 1. The summed E-state index contributed by atoms with van der Waals surface area (Å²) < 4.78 is 5.50. The largest absolute Gasteiger partial charge is 0.444 e. The molecule has 1 atom stereocenters. The van der Waals surface area contributed by atoms with Gasteiger partial charge in [-0.1, -0.05) is 11.6 Å². The Hall–Kier alpha value is -1.40. The minimum atomic E-state index is -0.689. The fraction of sp³-hybridized carbons (Fsp3) is 0.643. The Bertz CT molecular complexity index is 532. The first-order valence-corrected chi connectivity index (χ1v) is 7.30. The Balaban J connectivity index is 2.35. The molecule has 2 heterocycles. The Morgan fingerprint density at radius 1 is 1.43 bits per heavy atom. The van der Waals surface area contributed by atoms with Gasteiger partial charge in [0.15, 0.2) is 5.15 Å². The Labute approximate surface area is 129 Å². The van der Waals surface area contributed by atoms with E-state index in [1.165, 1.54) is 6.20 Å². The number of ether oxygens (including phenoxy) is 1. The lowest BCUT2D eigenvalue weighted by atomic mass is 9.93. The quantitative estimate of drug-likeness (QED) is 0.861. The van der Waals surface area contributed by atoms with Crippen LogP contribution in [-0.2, 0) is 10.3 Å². The van der Waals surface area contributed by atoms with Gasteiger partial charge in [-0.2, -0.15) is 0 Å². The molecule has 1 saturated heterocycles. The standard InChI is InChI=1S/C14H21ClN4O2/c1-13(2,3)21-12(20)19-8-7-16-9-14(19,4)10-11(15)18-6-5-17-10/h5-6,16H,7-9H2,1-4H3. The third kappa shape index (κ3) is 3.44. The van der Waals surface area contributed by atoms with Crippen molar-refractivity contribution < 1.29 is 9.53 Å². The van der Waals surface area contributed by atoms with E-state index in [4.69, 9.17) is 16.3 Å². The molecule has 1 fully saturated rings. The van der Waals surface area contributed by atoms with Gasteiger partial charge in [0.1, 0.15) is 16.8 Å². The average molecular weight is 313 g/mol. The van der Waals surface area contributed by atoms with Crippen molar-refractivity contribution >= 4 is 17.7 Å². The van der Waals surface area contributed by atoms with Gasteiger partial charge >= 0.3 is 6.09 Å². The lowest BCUT2D eigenvalue weighted by molar-refractivity contribution is -0.00926. The summed E-state index contributed by atoms with van der Waals surface area (Å²) in [6, 6.07) is 0. The smallest absolute Gasteiger partial charge is 0.411 e. The number of carbonyl (C=O) groups is 1. The molecular formula is C14H21ClN4O2. The van der Waals surface area contributed by atoms with Gasteiger partial charge in [-0.15, -0.1) is 0 Å². The van der Waals surface area contributed by atoms with Crippen LogP contribution >= 0.6 is 11.6 Å². The zero-order valence-corrected chi connectivity index (χ0v) is 13.6. The van der Waals surface area contributed by atoms with E-state index < -0.39 is 11.1 Å². The summed E-state index contributed by atoms with van der Waals surface area (Å²) in [5.41, 5.74) is -0.661. The predicted octanol–water partition coefficient (Wildman–Crippen LogP) is 2.19. The zero-order chi connectivity index (χ0) is 15.7. The summed E-state index contributed by atoms with van der Waals surface area (Å²) in [4.78, 5) is 22.6. The molecular weight excluding hydrogens is 292 g/mol. The van der Waals surface area contributed by atoms with Crippen LogP contribution in [0.25, 0.3) is 0 Å². The summed E-state index contributed by atoms with van der Waals surface area (Å²) in [6.45, 7) is 9.23. The number of amides is 1. The lowest BCUT2D eigenvalue weighted by Gasteiger charge is -2.44. The molecule has 1 amide bonds. The Morgan fingerprint density at radius 2 is 2.10 bits per heavy atom. The molecule has 1 unspecified atom stereocenters. The second-order valence-electron chi connectivity index (χ2n) is 6.28. The summed E-state index contributed by atoms with van der Waals surface area (Å²) in [6.07, 6.45) is 2.74. The van der Waals surface area contributed by atoms with Crippen molar-refractivity contribution in [1.82, 2.24) is 20.2 Å². The summed E-state index contributed by atoms with van der Waals surface area (Å²) in [5.74, 6) is 0. The molecule has 1 aliphatic rings. The van der Waals surface area contributed by atoms with Gasteiger partial charge < -0.3 is 10.1 Å². The van der Waals surface area contributed by atoms with E-state index in [-0.39, 0.29) is 6.09 Å². The van der Waals surface area contributed by atoms with E-state index >= 15 is 0 Å².